The lowest BCUT2D eigenvalue weighted by Crippen LogP contribution is -2.38. The molecular formula is C19H17F4NO2. The number of benzene rings is 2. The number of nitrogens with zero attached hydrogens (tertiary/aromatic N) is 1. The number of rotatable bonds is 2. The molecule has 1 unspecified atom stereocenters. The summed E-state index contributed by atoms with van der Waals surface area (Å²) in [5, 5.41) is 9.28. The van der Waals surface area contributed by atoms with Gasteiger partial charge in [-0.15, -0.1) is 0 Å². The monoisotopic (exact) mass is 367 g/mol. The zero-order valence-electron chi connectivity index (χ0n) is 13.8. The number of hydrogen-bond acceptors (Lipinski definition) is 2. The van der Waals surface area contributed by atoms with E-state index in [-0.39, 0.29) is 5.91 Å². The van der Waals surface area contributed by atoms with E-state index in [9.17, 15) is 27.5 Å². The third-order valence-electron chi connectivity index (χ3n) is 4.47. The number of halogens is 4. The van der Waals surface area contributed by atoms with Crippen LogP contribution in [0.4, 0.5) is 23.2 Å². The van der Waals surface area contributed by atoms with E-state index in [0.29, 0.717) is 42.6 Å². The van der Waals surface area contributed by atoms with Crippen LogP contribution in [-0.2, 0) is 12.3 Å². The number of anilines is 1. The molecule has 2 aromatic carbocycles. The predicted octanol–water partition coefficient (Wildman–Crippen LogP) is 4.35. The molecule has 0 bridgehead atoms. The highest BCUT2D eigenvalue weighted by Gasteiger charge is 2.56. The number of carbonyl (C=O) groups is 1. The SMILES string of the molecule is O=C(c1ccccc1)N1CCCCc2cc(C(O)(F)C(F)(F)F)ccc21. The zero-order chi connectivity index (χ0) is 18.9. The van der Waals surface area contributed by atoms with Crippen LogP contribution in [0, 0.1) is 0 Å². The number of aliphatic hydroxyl groups is 1. The van der Waals surface area contributed by atoms with Crippen molar-refractivity contribution in [3.63, 3.8) is 0 Å². The third-order valence-corrected chi connectivity index (χ3v) is 4.47. The summed E-state index contributed by atoms with van der Waals surface area (Å²) in [5.74, 6) is -4.70. The van der Waals surface area contributed by atoms with Gasteiger partial charge >= 0.3 is 12.0 Å². The first kappa shape index (κ1) is 18.4. The van der Waals surface area contributed by atoms with Gasteiger partial charge < -0.3 is 10.0 Å². The largest absolute Gasteiger partial charge is 0.453 e. The van der Waals surface area contributed by atoms with Gasteiger partial charge in [0.2, 0.25) is 0 Å². The molecule has 0 aromatic heterocycles. The van der Waals surface area contributed by atoms with Gasteiger partial charge in [0.25, 0.3) is 5.91 Å². The topological polar surface area (TPSA) is 40.5 Å². The number of carbonyl (C=O) groups excluding carboxylic acids is 1. The van der Waals surface area contributed by atoms with Crippen molar-refractivity contribution in [3.8, 4) is 0 Å². The molecule has 3 nitrogen and oxygen atoms in total. The summed E-state index contributed by atoms with van der Waals surface area (Å²) < 4.78 is 52.2. The zero-order valence-corrected chi connectivity index (χ0v) is 13.8. The van der Waals surface area contributed by atoms with E-state index in [2.05, 4.69) is 0 Å². The molecule has 1 amide bonds. The Morgan fingerprint density at radius 3 is 2.35 bits per heavy atom. The highest BCUT2D eigenvalue weighted by Crippen LogP contribution is 2.42. The maximum Gasteiger partial charge on any atom is 0.453 e. The summed E-state index contributed by atoms with van der Waals surface area (Å²) in [4.78, 5) is 14.3. The highest BCUT2D eigenvalue weighted by atomic mass is 19.4. The van der Waals surface area contributed by atoms with Gasteiger partial charge in [0.1, 0.15) is 0 Å². The molecule has 0 radical (unpaired) electrons. The van der Waals surface area contributed by atoms with Crippen LogP contribution < -0.4 is 4.90 Å². The highest BCUT2D eigenvalue weighted by molar-refractivity contribution is 6.06. The lowest BCUT2D eigenvalue weighted by Gasteiger charge is -2.26. The number of hydrogen-bond donors (Lipinski definition) is 1. The Morgan fingerprint density at radius 2 is 1.69 bits per heavy atom. The number of aryl methyl sites for hydroxylation is 1. The Labute approximate surface area is 147 Å². The van der Waals surface area contributed by atoms with Crippen molar-refractivity contribution < 1.29 is 27.5 Å². The predicted molar refractivity (Wildman–Crippen MR) is 88.6 cm³/mol. The van der Waals surface area contributed by atoms with Crippen molar-refractivity contribution in [2.75, 3.05) is 11.4 Å². The molecule has 26 heavy (non-hydrogen) atoms. The van der Waals surface area contributed by atoms with E-state index in [1.807, 2.05) is 0 Å². The summed E-state index contributed by atoms with van der Waals surface area (Å²) in [6.45, 7) is 0.416. The summed E-state index contributed by atoms with van der Waals surface area (Å²) in [5.41, 5.74) is 0.433. The molecule has 1 aliphatic heterocycles. The Bertz CT molecular complexity index is 803. The molecule has 0 spiro atoms. The summed E-state index contributed by atoms with van der Waals surface area (Å²) in [6, 6.07) is 11.7. The normalized spacial score (nSPS) is 17.2. The van der Waals surface area contributed by atoms with Gasteiger partial charge in [0.05, 0.1) is 0 Å². The molecule has 2 aromatic rings. The minimum absolute atomic E-state index is 0.271. The first-order valence-corrected chi connectivity index (χ1v) is 8.20. The first-order valence-electron chi connectivity index (χ1n) is 8.20. The molecule has 3 rings (SSSR count). The van der Waals surface area contributed by atoms with Gasteiger partial charge in [0, 0.05) is 23.4 Å². The summed E-state index contributed by atoms with van der Waals surface area (Å²) >= 11 is 0. The van der Waals surface area contributed by atoms with Crippen LogP contribution in [0.5, 0.6) is 0 Å². The minimum Gasteiger partial charge on any atom is -0.351 e. The molecule has 1 atom stereocenters. The second-order valence-corrected chi connectivity index (χ2v) is 6.24. The van der Waals surface area contributed by atoms with E-state index in [4.69, 9.17) is 0 Å². The van der Waals surface area contributed by atoms with Gasteiger partial charge in [-0.1, -0.05) is 24.3 Å². The second kappa shape index (κ2) is 6.72. The fourth-order valence-electron chi connectivity index (χ4n) is 3.07. The Balaban J connectivity index is 2.01. The molecule has 1 aliphatic rings. The maximum atomic E-state index is 13.9. The first-order chi connectivity index (χ1) is 12.2. The van der Waals surface area contributed by atoms with Gasteiger partial charge in [0.15, 0.2) is 0 Å². The Morgan fingerprint density at radius 1 is 1.00 bits per heavy atom. The van der Waals surface area contributed by atoms with E-state index in [0.717, 1.165) is 12.1 Å². The van der Waals surface area contributed by atoms with E-state index < -0.39 is 17.6 Å². The molecular weight excluding hydrogens is 350 g/mol. The van der Waals surface area contributed by atoms with Crippen molar-refractivity contribution in [1.29, 1.82) is 0 Å². The van der Waals surface area contributed by atoms with Crippen molar-refractivity contribution in [1.82, 2.24) is 0 Å². The van der Waals surface area contributed by atoms with Gasteiger partial charge in [-0.3, -0.25) is 4.79 Å². The van der Waals surface area contributed by atoms with Crippen LogP contribution >= 0.6 is 0 Å². The standard InChI is InChI=1S/C19H17F4NO2/c20-18(26,19(21,22)23)15-9-10-16-14(12-15)8-4-5-11-24(16)17(25)13-6-2-1-3-7-13/h1-3,6-7,9-10,12,26H,4-5,8,11H2. The molecule has 0 saturated carbocycles. The van der Waals surface area contributed by atoms with Gasteiger partial charge in [-0.2, -0.15) is 17.6 Å². The Hall–Kier alpha value is -2.41. The van der Waals surface area contributed by atoms with Crippen LogP contribution in [-0.4, -0.2) is 23.7 Å². The van der Waals surface area contributed by atoms with Crippen molar-refractivity contribution in [2.24, 2.45) is 0 Å². The van der Waals surface area contributed by atoms with Crippen LogP contribution in [0.2, 0.25) is 0 Å². The lowest BCUT2D eigenvalue weighted by molar-refractivity contribution is -0.323. The molecule has 138 valence electrons. The fourth-order valence-corrected chi connectivity index (χ4v) is 3.07. The van der Waals surface area contributed by atoms with Crippen molar-refractivity contribution >= 4 is 11.6 Å². The van der Waals surface area contributed by atoms with Gasteiger partial charge in [-0.25, -0.2) is 0 Å². The van der Waals surface area contributed by atoms with Crippen LogP contribution in [0.15, 0.2) is 48.5 Å². The lowest BCUT2D eigenvalue weighted by atomic mass is 9.99. The number of alkyl halides is 4. The third kappa shape index (κ3) is 3.31. The number of amides is 1. The van der Waals surface area contributed by atoms with Gasteiger partial charge in [-0.05, 0) is 49.1 Å². The quantitative estimate of drug-likeness (QED) is 0.802. The summed E-state index contributed by atoms with van der Waals surface area (Å²) in [7, 11) is 0. The molecule has 0 fully saturated rings. The molecule has 0 aliphatic carbocycles. The van der Waals surface area contributed by atoms with Crippen LogP contribution in [0.3, 0.4) is 0 Å². The molecule has 7 heteroatoms. The van der Waals surface area contributed by atoms with Crippen LogP contribution in [0.25, 0.3) is 0 Å². The molecule has 1 heterocycles. The molecule has 0 saturated heterocycles. The minimum atomic E-state index is -5.44. The fraction of sp³-hybridized carbons (Fsp3) is 0.316. The second-order valence-electron chi connectivity index (χ2n) is 6.24. The van der Waals surface area contributed by atoms with E-state index >= 15 is 0 Å². The van der Waals surface area contributed by atoms with Crippen molar-refractivity contribution in [3.05, 3.63) is 65.2 Å². The number of fused-ring (bicyclic) bond motifs is 1. The summed E-state index contributed by atoms with van der Waals surface area (Å²) in [6.07, 6.45) is -3.73. The average Bonchev–Trinajstić information content (AvgIpc) is 2.82. The van der Waals surface area contributed by atoms with Crippen molar-refractivity contribution in [2.45, 2.75) is 31.3 Å². The smallest absolute Gasteiger partial charge is 0.351 e. The average molecular weight is 367 g/mol. The molecule has 1 N–H and O–H groups in total. The van der Waals surface area contributed by atoms with E-state index in [1.54, 1.807) is 30.3 Å². The van der Waals surface area contributed by atoms with Crippen LogP contribution in [0.1, 0.15) is 34.3 Å². The van der Waals surface area contributed by atoms with E-state index in [1.165, 1.54) is 11.0 Å². The Kier molecular flexibility index (Phi) is 4.75. The maximum absolute atomic E-state index is 13.9.